The molecule has 0 amide bonds. The number of methoxy groups -OCH3 is 1. The van der Waals surface area contributed by atoms with E-state index in [2.05, 4.69) is 16.7 Å². The fourth-order valence-corrected chi connectivity index (χ4v) is 1.32. The Morgan fingerprint density at radius 1 is 1.50 bits per heavy atom. The van der Waals surface area contributed by atoms with E-state index in [0.29, 0.717) is 14.6 Å². The normalized spacial score (nSPS) is 10.6. The number of rotatable bonds is 3. The first-order valence-corrected chi connectivity index (χ1v) is 5.21. The molecule has 1 heterocycles. The highest BCUT2D eigenvalue weighted by Gasteiger charge is 1.97. The van der Waals surface area contributed by atoms with Crippen molar-refractivity contribution < 1.29 is 4.74 Å². The van der Waals surface area contributed by atoms with Gasteiger partial charge in [-0.2, -0.15) is 4.98 Å². The van der Waals surface area contributed by atoms with Crippen molar-refractivity contribution in [2.45, 2.75) is 6.92 Å². The van der Waals surface area contributed by atoms with Gasteiger partial charge in [0.2, 0.25) is 5.88 Å². The van der Waals surface area contributed by atoms with E-state index < -0.39 is 0 Å². The Hall–Kier alpha value is -0.820. The van der Waals surface area contributed by atoms with Crippen LogP contribution in [-0.2, 0) is 0 Å². The van der Waals surface area contributed by atoms with Crippen LogP contribution in [0, 0.1) is 6.92 Å². The summed E-state index contributed by atoms with van der Waals surface area (Å²) in [6.07, 6.45) is 0. The number of aryl methyl sites for hydroxylation is 1. The molecule has 0 saturated heterocycles. The quantitative estimate of drug-likeness (QED) is 0.730. The zero-order valence-electron chi connectivity index (χ0n) is 7.51. The Morgan fingerprint density at radius 2 is 2.25 bits per heavy atom. The Morgan fingerprint density at radius 3 is 2.83 bits per heavy atom. The van der Waals surface area contributed by atoms with Gasteiger partial charge in [-0.05, 0) is 33.9 Å². The fraction of sp³-hybridized carbons (Fsp3) is 0.375. The SMILES string of the molecule is COc1cc(C)cc(NPC)n1. The van der Waals surface area contributed by atoms with Crippen LogP contribution in [0.5, 0.6) is 5.88 Å². The van der Waals surface area contributed by atoms with Gasteiger partial charge in [0.15, 0.2) is 0 Å². The summed E-state index contributed by atoms with van der Waals surface area (Å²) < 4.78 is 5.03. The second-order valence-corrected chi connectivity index (χ2v) is 3.20. The molecule has 0 aliphatic carbocycles. The van der Waals surface area contributed by atoms with Crippen molar-refractivity contribution in [2.75, 3.05) is 18.9 Å². The number of ether oxygens (including phenoxy) is 1. The Bertz CT molecular complexity index is 265. The molecule has 0 aromatic carbocycles. The molecule has 0 bridgehead atoms. The number of anilines is 1. The van der Waals surface area contributed by atoms with Gasteiger partial charge in [0.1, 0.15) is 5.82 Å². The molecule has 1 aromatic heterocycles. The number of hydrogen-bond donors (Lipinski definition) is 1. The lowest BCUT2D eigenvalue weighted by molar-refractivity contribution is 0.398. The minimum absolute atomic E-state index is 0.661. The largest absolute Gasteiger partial charge is 0.481 e. The summed E-state index contributed by atoms with van der Waals surface area (Å²) in [5.74, 6) is 1.54. The number of aromatic nitrogens is 1. The molecule has 0 fully saturated rings. The molecule has 1 unspecified atom stereocenters. The summed E-state index contributed by atoms with van der Waals surface area (Å²) in [5, 5.41) is 3.16. The minimum atomic E-state index is 0.661. The molecule has 4 heteroatoms. The third-order valence-electron chi connectivity index (χ3n) is 1.41. The average Bonchev–Trinajstić information content (AvgIpc) is 2.04. The van der Waals surface area contributed by atoms with Crippen molar-refractivity contribution in [1.82, 2.24) is 4.98 Å². The van der Waals surface area contributed by atoms with Crippen LogP contribution in [0.2, 0.25) is 0 Å². The van der Waals surface area contributed by atoms with E-state index in [9.17, 15) is 0 Å². The molecule has 0 spiro atoms. The second-order valence-electron chi connectivity index (χ2n) is 2.45. The van der Waals surface area contributed by atoms with Crippen LogP contribution in [0.4, 0.5) is 5.82 Å². The van der Waals surface area contributed by atoms with E-state index in [0.717, 1.165) is 11.4 Å². The van der Waals surface area contributed by atoms with Gasteiger partial charge >= 0.3 is 0 Å². The summed E-state index contributed by atoms with van der Waals surface area (Å²) in [6.45, 7) is 4.09. The highest BCUT2D eigenvalue weighted by Crippen LogP contribution is 2.18. The highest BCUT2D eigenvalue weighted by molar-refractivity contribution is 7.38. The summed E-state index contributed by atoms with van der Waals surface area (Å²) in [4.78, 5) is 4.22. The van der Waals surface area contributed by atoms with Gasteiger partial charge in [-0.25, -0.2) is 0 Å². The molecule has 1 atom stereocenters. The lowest BCUT2D eigenvalue weighted by atomic mass is 10.3. The van der Waals surface area contributed by atoms with Crippen molar-refractivity contribution in [3.63, 3.8) is 0 Å². The summed E-state index contributed by atoms with van der Waals surface area (Å²) >= 11 is 0. The molecule has 1 aromatic rings. The number of nitrogens with zero attached hydrogens (tertiary/aromatic N) is 1. The van der Waals surface area contributed by atoms with E-state index in [1.54, 1.807) is 7.11 Å². The highest BCUT2D eigenvalue weighted by atomic mass is 31.1. The van der Waals surface area contributed by atoms with Crippen molar-refractivity contribution in [1.29, 1.82) is 0 Å². The first kappa shape index (κ1) is 9.27. The van der Waals surface area contributed by atoms with Gasteiger partial charge in [0, 0.05) is 6.07 Å². The molecular formula is C8H13N2OP. The summed E-state index contributed by atoms with van der Waals surface area (Å²) in [6, 6.07) is 3.91. The Balaban J connectivity index is 2.90. The van der Waals surface area contributed by atoms with Crippen molar-refractivity contribution in [2.24, 2.45) is 0 Å². The van der Waals surface area contributed by atoms with Crippen molar-refractivity contribution in [3.05, 3.63) is 17.7 Å². The Kier molecular flexibility index (Phi) is 3.30. The molecule has 12 heavy (non-hydrogen) atoms. The maximum atomic E-state index is 5.03. The first-order chi connectivity index (χ1) is 5.76. The van der Waals surface area contributed by atoms with Gasteiger partial charge in [-0.1, -0.05) is 0 Å². The summed E-state index contributed by atoms with van der Waals surface area (Å²) in [7, 11) is 2.29. The number of hydrogen-bond acceptors (Lipinski definition) is 3. The van der Waals surface area contributed by atoms with Crippen LogP contribution < -0.4 is 9.82 Å². The lowest BCUT2D eigenvalue weighted by Crippen LogP contribution is -1.93. The zero-order chi connectivity index (χ0) is 8.97. The van der Waals surface area contributed by atoms with Crippen LogP contribution >= 0.6 is 8.73 Å². The van der Waals surface area contributed by atoms with Crippen LogP contribution in [0.15, 0.2) is 12.1 Å². The van der Waals surface area contributed by atoms with Gasteiger partial charge < -0.3 is 9.82 Å². The third-order valence-corrected chi connectivity index (χ3v) is 1.91. The van der Waals surface area contributed by atoms with Crippen LogP contribution in [-0.4, -0.2) is 18.8 Å². The van der Waals surface area contributed by atoms with Crippen molar-refractivity contribution >= 4 is 14.5 Å². The van der Waals surface area contributed by atoms with E-state index in [1.807, 2.05) is 19.1 Å². The predicted octanol–water partition coefficient (Wildman–Crippen LogP) is 2.03. The molecule has 0 aliphatic rings. The third kappa shape index (κ3) is 2.35. The maximum absolute atomic E-state index is 5.03. The van der Waals surface area contributed by atoms with Crippen molar-refractivity contribution in [3.8, 4) is 5.88 Å². The standard InChI is InChI=1S/C8H13N2OP/c1-6-4-7(10-12-3)9-8(5-6)11-2/h4-5,12H,1-3H3,(H,9,10). The molecule has 1 N–H and O–H groups in total. The molecule has 1 rings (SSSR count). The van der Waals surface area contributed by atoms with E-state index >= 15 is 0 Å². The second kappa shape index (κ2) is 4.27. The van der Waals surface area contributed by atoms with Crippen LogP contribution in [0.3, 0.4) is 0 Å². The van der Waals surface area contributed by atoms with Gasteiger partial charge in [0.05, 0.1) is 7.11 Å². The fourth-order valence-electron chi connectivity index (χ4n) is 0.932. The molecular weight excluding hydrogens is 171 g/mol. The number of nitrogens with one attached hydrogen (secondary N) is 1. The molecule has 3 nitrogen and oxygen atoms in total. The smallest absolute Gasteiger partial charge is 0.215 e. The average molecular weight is 184 g/mol. The maximum Gasteiger partial charge on any atom is 0.215 e. The monoisotopic (exact) mass is 184 g/mol. The lowest BCUT2D eigenvalue weighted by Gasteiger charge is -2.05. The molecule has 0 saturated carbocycles. The predicted molar refractivity (Wildman–Crippen MR) is 53.4 cm³/mol. The Labute approximate surface area is 74.4 Å². The first-order valence-electron chi connectivity index (χ1n) is 3.71. The van der Waals surface area contributed by atoms with E-state index in [4.69, 9.17) is 4.74 Å². The van der Waals surface area contributed by atoms with E-state index in [1.165, 1.54) is 0 Å². The van der Waals surface area contributed by atoms with Crippen LogP contribution in [0.1, 0.15) is 5.56 Å². The zero-order valence-corrected chi connectivity index (χ0v) is 8.51. The van der Waals surface area contributed by atoms with Crippen LogP contribution in [0.25, 0.3) is 0 Å². The van der Waals surface area contributed by atoms with E-state index in [-0.39, 0.29) is 0 Å². The molecule has 0 radical (unpaired) electrons. The minimum Gasteiger partial charge on any atom is -0.481 e. The van der Waals surface area contributed by atoms with Gasteiger partial charge in [-0.15, -0.1) is 0 Å². The topological polar surface area (TPSA) is 34.1 Å². The molecule has 66 valence electrons. The number of pyridine rings is 1. The molecule has 0 aliphatic heterocycles. The van der Waals surface area contributed by atoms with Gasteiger partial charge in [-0.3, -0.25) is 0 Å². The summed E-state index contributed by atoms with van der Waals surface area (Å²) in [5.41, 5.74) is 1.16. The van der Waals surface area contributed by atoms with Gasteiger partial charge in [0.25, 0.3) is 0 Å².